The molecule has 1 unspecified atom stereocenters. The Kier molecular flexibility index (Phi) is 8.78. The van der Waals surface area contributed by atoms with Gasteiger partial charge in [0.15, 0.2) is 0 Å². The molecule has 0 aromatic carbocycles. The average Bonchev–Trinajstić information content (AvgIpc) is 2.86. The minimum Gasteiger partial charge on any atom is -0.393 e. The lowest BCUT2D eigenvalue weighted by Gasteiger charge is -2.17. The summed E-state index contributed by atoms with van der Waals surface area (Å²) in [5.74, 6) is 0.638. The summed E-state index contributed by atoms with van der Waals surface area (Å²) in [6.45, 7) is 2.27. The zero-order valence-electron chi connectivity index (χ0n) is 11.8. The topological polar surface area (TPSA) is 20.2 Å². The second-order valence-electron chi connectivity index (χ2n) is 5.88. The van der Waals surface area contributed by atoms with Gasteiger partial charge in [-0.25, -0.2) is 0 Å². The van der Waals surface area contributed by atoms with Gasteiger partial charge in [-0.3, -0.25) is 0 Å². The average molecular weight is 240 g/mol. The highest BCUT2D eigenvalue weighted by Gasteiger charge is 2.22. The minimum atomic E-state index is 0.0117. The summed E-state index contributed by atoms with van der Waals surface area (Å²) in [5.41, 5.74) is 0. The maximum Gasteiger partial charge on any atom is 0.0568 e. The summed E-state index contributed by atoms with van der Waals surface area (Å²) < 4.78 is 0. The van der Waals surface area contributed by atoms with E-state index >= 15 is 0 Å². The molecule has 1 fully saturated rings. The third-order valence-corrected chi connectivity index (χ3v) is 4.30. The molecule has 0 spiro atoms. The van der Waals surface area contributed by atoms with Crippen molar-refractivity contribution in [3.05, 3.63) is 0 Å². The fourth-order valence-electron chi connectivity index (χ4n) is 3.07. The Balaban J connectivity index is 1.83. The van der Waals surface area contributed by atoms with Crippen LogP contribution in [0.1, 0.15) is 90.4 Å². The SMILES string of the molecule is CCCCCCCCCCC(O)C1CCCC1. The Morgan fingerprint density at radius 2 is 1.41 bits per heavy atom. The van der Waals surface area contributed by atoms with Crippen molar-refractivity contribution in [2.24, 2.45) is 5.92 Å². The molecule has 0 bridgehead atoms. The number of unbranched alkanes of at least 4 members (excludes halogenated alkanes) is 7. The summed E-state index contributed by atoms with van der Waals surface area (Å²) in [7, 11) is 0. The van der Waals surface area contributed by atoms with Crippen molar-refractivity contribution in [1.29, 1.82) is 0 Å². The van der Waals surface area contributed by atoms with Crippen molar-refractivity contribution in [2.45, 2.75) is 96.5 Å². The van der Waals surface area contributed by atoms with Gasteiger partial charge in [0.05, 0.1) is 6.10 Å². The maximum atomic E-state index is 10.0. The van der Waals surface area contributed by atoms with E-state index in [9.17, 15) is 5.11 Å². The van der Waals surface area contributed by atoms with Gasteiger partial charge in [-0.05, 0) is 25.2 Å². The quantitative estimate of drug-likeness (QED) is 0.529. The van der Waals surface area contributed by atoms with Gasteiger partial charge in [0.25, 0.3) is 0 Å². The molecule has 0 saturated heterocycles. The van der Waals surface area contributed by atoms with Crippen molar-refractivity contribution in [3.63, 3.8) is 0 Å². The molecule has 0 aliphatic heterocycles. The van der Waals surface area contributed by atoms with Crippen LogP contribution >= 0.6 is 0 Å². The van der Waals surface area contributed by atoms with Crippen LogP contribution in [0.4, 0.5) is 0 Å². The first-order chi connectivity index (χ1) is 8.34. The van der Waals surface area contributed by atoms with E-state index < -0.39 is 0 Å². The predicted octanol–water partition coefficient (Wildman–Crippen LogP) is 5.07. The van der Waals surface area contributed by atoms with Crippen LogP contribution in [-0.4, -0.2) is 11.2 Å². The standard InChI is InChI=1S/C16H32O/c1-2-3-4-5-6-7-8-9-14-16(17)15-12-10-11-13-15/h15-17H,2-14H2,1H3. The first-order valence-corrected chi connectivity index (χ1v) is 8.02. The van der Waals surface area contributed by atoms with E-state index in [4.69, 9.17) is 0 Å². The van der Waals surface area contributed by atoms with Crippen LogP contribution in [-0.2, 0) is 0 Å². The van der Waals surface area contributed by atoms with Gasteiger partial charge < -0.3 is 5.11 Å². The van der Waals surface area contributed by atoms with E-state index in [1.54, 1.807) is 0 Å². The molecule has 1 nitrogen and oxygen atoms in total. The Bertz CT molecular complexity index is 161. The lowest BCUT2D eigenvalue weighted by atomic mass is 9.95. The molecule has 17 heavy (non-hydrogen) atoms. The van der Waals surface area contributed by atoms with E-state index in [1.807, 2.05) is 0 Å². The predicted molar refractivity (Wildman–Crippen MR) is 75.2 cm³/mol. The van der Waals surface area contributed by atoms with Crippen LogP contribution in [0.3, 0.4) is 0 Å². The molecule has 1 saturated carbocycles. The molecular weight excluding hydrogens is 208 g/mol. The van der Waals surface area contributed by atoms with Crippen LogP contribution in [0.15, 0.2) is 0 Å². The molecule has 1 N–H and O–H groups in total. The molecule has 0 amide bonds. The van der Waals surface area contributed by atoms with E-state index in [0.717, 1.165) is 6.42 Å². The van der Waals surface area contributed by atoms with Crippen LogP contribution < -0.4 is 0 Å². The summed E-state index contributed by atoms with van der Waals surface area (Å²) in [6.07, 6.45) is 17.2. The summed E-state index contributed by atoms with van der Waals surface area (Å²) in [6, 6.07) is 0. The van der Waals surface area contributed by atoms with Gasteiger partial charge in [-0.2, -0.15) is 0 Å². The normalized spacial score (nSPS) is 18.7. The van der Waals surface area contributed by atoms with Crippen LogP contribution in [0, 0.1) is 5.92 Å². The summed E-state index contributed by atoms with van der Waals surface area (Å²) in [5, 5.41) is 10.0. The van der Waals surface area contributed by atoms with Gasteiger partial charge in [-0.1, -0.05) is 71.1 Å². The highest BCUT2D eigenvalue weighted by atomic mass is 16.3. The van der Waals surface area contributed by atoms with E-state index in [-0.39, 0.29) is 6.10 Å². The number of hydrogen-bond donors (Lipinski definition) is 1. The van der Waals surface area contributed by atoms with Crippen LogP contribution in [0.2, 0.25) is 0 Å². The van der Waals surface area contributed by atoms with Crippen molar-refractivity contribution in [1.82, 2.24) is 0 Å². The molecule has 0 aromatic heterocycles. The van der Waals surface area contributed by atoms with Gasteiger partial charge >= 0.3 is 0 Å². The first-order valence-electron chi connectivity index (χ1n) is 8.02. The van der Waals surface area contributed by atoms with E-state index in [1.165, 1.54) is 77.0 Å². The molecule has 1 rings (SSSR count). The van der Waals surface area contributed by atoms with Crippen LogP contribution in [0.5, 0.6) is 0 Å². The number of hydrogen-bond acceptors (Lipinski definition) is 1. The minimum absolute atomic E-state index is 0.0117. The zero-order chi connectivity index (χ0) is 12.3. The monoisotopic (exact) mass is 240 g/mol. The largest absolute Gasteiger partial charge is 0.393 e. The smallest absolute Gasteiger partial charge is 0.0568 e. The molecule has 1 atom stereocenters. The number of aliphatic hydroxyl groups is 1. The first kappa shape index (κ1) is 15.0. The molecular formula is C16H32O. The third kappa shape index (κ3) is 7.08. The lowest BCUT2D eigenvalue weighted by molar-refractivity contribution is 0.0989. The van der Waals surface area contributed by atoms with Gasteiger partial charge in [0.1, 0.15) is 0 Å². The van der Waals surface area contributed by atoms with Crippen LogP contribution in [0.25, 0.3) is 0 Å². The summed E-state index contributed by atoms with van der Waals surface area (Å²) in [4.78, 5) is 0. The van der Waals surface area contributed by atoms with Gasteiger partial charge in [-0.15, -0.1) is 0 Å². The Morgan fingerprint density at radius 1 is 0.882 bits per heavy atom. The molecule has 0 heterocycles. The van der Waals surface area contributed by atoms with E-state index in [2.05, 4.69) is 6.92 Å². The number of rotatable bonds is 10. The third-order valence-electron chi connectivity index (χ3n) is 4.30. The zero-order valence-corrected chi connectivity index (χ0v) is 11.8. The fraction of sp³-hybridized carbons (Fsp3) is 1.00. The van der Waals surface area contributed by atoms with Crippen molar-refractivity contribution in [3.8, 4) is 0 Å². The lowest BCUT2D eigenvalue weighted by Crippen LogP contribution is -2.17. The van der Waals surface area contributed by atoms with Crippen molar-refractivity contribution >= 4 is 0 Å². The maximum absolute atomic E-state index is 10.0. The second kappa shape index (κ2) is 9.94. The highest BCUT2D eigenvalue weighted by molar-refractivity contribution is 4.74. The van der Waals surface area contributed by atoms with E-state index in [0.29, 0.717) is 5.92 Å². The Hall–Kier alpha value is -0.0400. The van der Waals surface area contributed by atoms with Crippen molar-refractivity contribution in [2.75, 3.05) is 0 Å². The molecule has 1 aliphatic carbocycles. The summed E-state index contributed by atoms with van der Waals surface area (Å²) >= 11 is 0. The molecule has 1 heteroatoms. The molecule has 102 valence electrons. The van der Waals surface area contributed by atoms with Gasteiger partial charge in [0.2, 0.25) is 0 Å². The Labute approximate surface area is 108 Å². The molecule has 1 aliphatic rings. The second-order valence-corrected chi connectivity index (χ2v) is 5.88. The van der Waals surface area contributed by atoms with Crippen molar-refractivity contribution < 1.29 is 5.11 Å². The number of aliphatic hydroxyl groups excluding tert-OH is 1. The molecule has 0 radical (unpaired) electrons. The van der Waals surface area contributed by atoms with Gasteiger partial charge in [0, 0.05) is 0 Å². The fourth-order valence-corrected chi connectivity index (χ4v) is 3.07. The Morgan fingerprint density at radius 3 is 2.00 bits per heavy atom. The molecule has 0 aromatic rings. The highest BCUT2D eigenvalue weighted by Crippen LogP contribution is 2.29.